The van der Waals surface area contributed by atoms with Gasteiger partial charge in [0.2, 0.25) is 0 Å². The number of likely N-dealkylation sites (tertiary alicyclic amines) is 1. The fourth-order valence-corrected chi connectivity index (χ4v) is 2.84. The molecule has 0 bridgehead atoms. The molecule has 0 aliphatic carbocycles. The quantitative estimate of drug-likeness (QED) is 0.821. The molecule has 1 aliphatic heterocycles. The highest BCUT2D eigenvalue weighted by Gasteiger charge is 2.45. The summed E-state index contributed by atoms with van der Waals surface area (Å²) in [5, 5.41) is 12.0. The van der Waals surface area contributed by atoms with Crippen molar-refractivity contribution in [1.29, 1.82) is 0 Å². The molecule has 1 amide bonds. The number of hydrogen-bond acceptors (Lipinski definition) is 5. The SMILES string of the molecule is O=C(O)N1CCC(F)(F)[C@@H](CNc2nc(Cl)cc3nccnc23)C1. The maximum Gasteiger partial charge on any atom is 0.407 e. The Balaban J connectivity index is 1.80. The zero-order valence-electron chi connectivity index (χ0n) is 12.4. The Morgan fingerprint density at radius 2 is 2.21 bits per heavy atom. The Kier molecular flexibility index (Phi) is 4.35. The number of alkyl halides is 2. The summed E-state index contributed by atoms with van der Waals surface area (Å²) in [6.07, 6.45) is 1.25. The molecule has 1 aliphatic rings. The monoisotopic (exact) mass is 357 g/mol. The van der Waals surface area contributed by atoms with E-state index in [2.05, 4.69) is 20.3 Å². The molecule has 3 rings (SSSR count). The van der Waals surface area contributed by atoms with Crippen LogP contribution >= 0.6 is 11.6 Å². The van der Waals surface area contributed by atoms with Gasteiger partial charge < -0.3 is 15.3 Å². The van der Waals surface area contributed by atoms with Gasteiger partial charge in [-0.05, 0) is 0 Å². The first-order valence-electron chi connectivity index (χ1n) is 7.23. The van der Waals surface area contributed by atoms with Crippen LogP contribution in [0.25, 0.3) is 11.0 Å². The number of nitrogens with one attached hydrogen (secondary N) is 1. The third-order valence-electron chi connectivity index (χ3n) is 3.96. The zero-order valence-corrected chi connectivity index (χ0v) is 13.2. The van der Waals surface area contributed by atoms with Gasteiger partial charge in [0, 0.05) is 44.5 Å². The predicted octanol–water partition coefficient (Wildman–Crippen LogP) is 2.73. The lowest BCUT2D eigenvalue weighted by Crippen LogP contribution is -2.51. The number of pyridine rings is 1. The average Bonchev–Trinajstić information content (AvgIpc) is 2.52. The van der Waals surface area contributed by atoms with Crippen LogP contribution in [0.3, 0.4) is 0 Å². The highest BCUT2D eigenvalue weighted by Crippen LogP contribution is 2.34. The van der Waals surface area contributed by atoms with Gasteiger partial charge in [-0.2, -0.15) is 0 Å². The first kappa shape index (κ1) is 16.6. The summed E-state index contributed by atoms with van der Waals surface area (Å²) in [6, 6.07) is 1.52. The fraction of sp³-hybridized carbons (Fsp3) is 0.429. The third kappa shape index (κ3) is 3.30. The number of rotatable bonds is 3. The number of carbonyl (C=O) groups is 1. The van der Waals surface area contributed by atoms with Crippen molar-refractivity contribution in [2.45, 2.75) is 12.3 Å². The smallest absolute Gasteiger partial charge is 0.407 e. The van der Waals surface area contributed by atoms with Crippen LogP contribution in [-0.2, 0) is 0 Å². The van der Waals surface area contributed by atoms with Gasteiger partial charge >= 0.3 is 6.09 Å². The molecule has 3 heterocycles. The van der Waals surface area contributed by atoms with Crippen molar-refractivity contribution in [3.63, 3.8) is 0 Å². The minimum atomic E-state index is -2.96. The Morgan fingerprint density at radius 1 is 1.46 bits per heavy atom. The van der Waals surface area contributed by atoms with Crippen LogP contribution in [0, 0.1) is 5.92 Å². The molecule has 0 spiro atoms. The van der Waals surface area contributed by atoms with Crippen molar-refractivity contribution >= 4 is 34.5 Å². The van der Waals surface area contributed by atoms with Gasteiger partial charge in [0.15, 0.2) is 5.82 Å². The lowest BCUT2D eigenvalue weighted by atomic mass is 9.93. The van der Waals surface area contributed by atoms with Crippen molar-refractivity contribution in [2.24, 2.45) is 5.92 Å². The topological polar surface area (TPSA) is 91.2 Å². The summed E-state index contributed by atoms with van der Waals surface area (Å²) < 4.78 is 28.1. The Bertz CT molecular complexity index is 776. The molecule has 7 nitrogen and oxygen atoms in total. The van der Waals surface area contributed by atoms with E-state index in [0.29, 0.717) is 11.0 Å². The normalized spacial score (nSPS) is 20.1. The summed E-state index contributed by atoms with van der Waals surface area (Å²) in [7, 11) is 0. The number of nitrogens with zero attached hydrogens (tertiary/aromatic N) is 4. The number of anilines is 1. The van der Waals surface area contributed by atoms with Gasteiger partial charge in [0.25, 0.3) is 5.92 Å². The molecule has 0 saturated carbocycles. The number of halogens is 3. The van der Waals surface area contributed by atoms with E-state index in [4.69, 9.17) is 16.7 Å². The minimum absolute atomic E-state index is 0.157. The second-order valence-corrected chi connectivity index (χ2v) is 5.92. The van der Waals surface area contributed by atoms with Gasteiger partial charge in [-0.15, -0.1) is 0 Å². The summed E-state index contributed by atoms with van der Waals surface area (Å²) in [5.41, 5.74) is 0.902. The number of fused-ring (bicyclic) bond motifs is 1. The fourth-order valence-electron chi connectivity index (χ4n) is 2.65. The number of amides is 1. The van der Waals surface area contributed by atoms with Crippen LogP contribution in [0.4, 0.5) is 19.4 Å². The zero-order chi connectivity index (χ0) is 17.3. The number of hydrogen-bond donors (Lipinski definition) is 2. The second kappa shape index (κ2) is 6.31. The molecule has 1 atom stereocenters. The van der Waals surface area contributed by atoms with Crippen LogP contribution in [0.1, 0.15) is 6.42 Å². The predicted molar refractivity (Wildman–Crippen MR) is 83.5 cm³/mol. The maximum atomic E-state index is 14.1. The first-order chi connectivity index (χ1) is 11.4. The molecule has 0 aromatic carbocycles. The molecular weight excluding hydrogens is 344 g/mol. The lowest BCUT2D eigenvalue weighted by Gasteiger charge is -2.37. The van der Waals surface area contributed by atoms with Crippen LogP contribution in [-0.4, -0.2) is 56.6 Å². The molecule has 10 heteroatoms. The Labute approximate surface area is 140 Å². The standard InChI is InChI=1S/C14H14ClF2N5O2/c15-10-5-9-11(19-3-2-18-9)12(21-10)20-6-8-7-22(13(23)24)4-1-14(8,16)17/h2-3,5,8H,1,4,6-7H2,(H,20,21)(H,23,24)/t8-/m0/s1. The third-order valence-corrected chi connectivity index (χ3v) is 4.16. The van der Waals surface area contributed by atoms with E-state index in [1.165, 1.54) is 18.5 Å². The van der Waals surface area contributed by atoms with Crippen LogP contribution in [0.15, 0.2) is 18.5 Å². The molecule has 2 aromatic rings. The summed E-state index contributed by atoms with van der Waals surface area (Å²) >= 11 is 5.91. The largest absolute Gasteiger partial charge is 0.465 e. The highest BCUT2D eigenvalue weighted by atomic mass is 35.5. The minimum Gasteiger partial charge on any atom is -0.465 e. The number of aromatic nitrogens is 3. The molecule has 0 unspecified atom stereocenters. The Morgan fingerprint density at radius 3 is 2.96 bits per heavy atom. The van der Waals surface area contributed by atoms with Crippen LogP contribution < -0.4 is 5.32 Å². The van der Waals surface area contributed by atoms with E-state index in [0.717, 1.165) is 4.90 Å². The molecule has 1 fully saturated rings. The molecule has 128 valence electrons. The molecule has 2 N–H and O–H groups in total. The molecule has 1 saturated heterocycles. The van der Waals surface area contributed by atoms with Crippen molar-refractivity contribution < 1.29 is 18.7 Å². The van der Waals surface area contributed by atoms with Gasteiger partial charge in [-0.25, -0.2) is 23.5 Å². The van der Waals surface area contributed by atoms with E-state index < -0.39 is 24.4 Å². The van der Waals surface area contributed by atoms with E-state index in [-0.39, 0.29) is 30.6 Å². The molecule has 24 heavy (non-hydrogen) atoms. The van der Waals surface area contributed by atoms with Crippen molar-refractivity contribution in [1.82, 2.24) is 19.9 Å². The second-order valence-electron chi connectivity index (χ2n) is 5.54. The van der Waals surface area contributed by atoms with Crippen LogP contribution in [0.2, 0.25) is 5.15 Å². The molecule has 0 radical (unpaired) electrons. The van der Waals surface area contributed by atoms with Gasteiger partial charge in [-0.1, -0.05) is 11.6 Å². The van der Waals surface area contributed by atoms with Gasteiger partial charge in [0.1, 0.15) is 10.7 Å². The summed E-state index contributed by atoms with van der Waals surface area (Å²) in [4.78, 5) is 24.3. The van der Waals surface area contributed by atoms with Crippen LogP contribution in [0.5, 0.6) is 0 Å². The van der Waals surface area contributed by atoms with E-state index in [1.807, 2.05) is 0 Å². The van der Waals surface area contributed by atoms with Crippen molar-refractivity contribution in [3.8, 4) is 0 Å². The molecule has 2 aromatic heterocycles. The number of carboxylic acid groups (broad SMARTS) is 1. The average molecular weight is 358 g/mol. The van der Waals surface area contributed by atoms with Crippen molar-refractivity contribution in [2.75, 3.05) is 25.0 Å². The first-order valence-corrected chi connectivity index (χ1v) is 7.61. The van der Waals surface area contributed by atoms with E-state index >= 15 is 0 Å². The van der Waals surface area contributed by atoms with E-state index in [9.17, 15) is 13.6 Å². The summed E-state index contributed by atoms with van der Waals surface area (Å²) in [5.74, 6) is -3.89. The number of piperidine rings is 1. The van der Waals surface area contributed by atoms with Crippen molar-refractivity contribution in [3.05, 3.63) is 23.6 Å². The van der Waals surface area contributed by atoms with Gasteiger partial charge in [0.05, 0.1) is 11.4 Å². The highest BCUT2D eigenvalue weighted by molar-refractivity contribution is 6.30. The van der Waals surface area contributed by atoms with E-state index in [1.54, 1.807) is 0 Å². The maximum absolute atomic E-state index is 14.1. The molecular formula is C14H14ClF2N5O2. The van der Waals surface area contributed by atoms with Gasteiger partial charge in [-0.3, -0.25) is 4.98 Å². The lowest BCUT2D eigenvalue weighted by molar-refractivity contribution is -0.0951. The summed E-state index contributed by atoms with van der Waals surface area (Å²) in [6.45, 7) is -0.585. The Hall–Kier alpha value is -2.29.